The fourth-order valence-corrected chi connectivity index (χ4v) is 9.76. The molecule has 2 heterocycles. The van der Waals surface area contributed by atoms with E-state index in [0.717, 1.165) is 70.5 Å². The van der Waals surface area contributed by atoms with Crippen molar-refractivity contribution < 1.29 is 28.9 Å². The van der Waals surface area contributed by atoms with Gasteiger partial charge >= 0.3 is 0 Å². The Morgan fingerprint density at radius 2 is 0.971 bits per heavy atom. The Labute approximate surface area is 409 Å². The first-order chi connectivity index (χ1) is 33.0. The molecule has 12 rings (SSSR count). The van der Waals surface area contributed by atoms with Crippen LogP contribution in [0, 0.1) is 23.8 Å². The van der Waals surface area contributed by atoms with E-state index in [0.29, 0.717) is 5.56 Å². The van der Waals surface area contributed by atoms with Crippen LogP contribution in [-0.2, 0) is 38.4 Å². The number of pyridine rings is 2. The summed E-state index contributed by atoms with van der Waals surface area (Å²) in [6, 6.07) is 81.8. The number of rotatable bonds is 8. The fourth-order valence-electron chi connectivity index (χ4n) is 9.76. The average Bonchev–Trinajstić information content (AvgIpc) is 3.90. The molecule has 0 N–H and O–H groups in total. The predicted octanol–water partition coefficient (Wildman–Crippen LogP) is 15.4. The molecular formula is C61H42F2IrN4-2. The van der Waals surface area contributed by atoms with E-state index >= 15 is 0 Å². The van der Waals surface area contributed by atoms with Gasteiger partial charge in [0.25, 0.3) is 0 Å². The summed E-state index contributed by atoms with van der Waals surface area (Å²) in [7, 11) is 0. The molecule has 0 saturated carbocycles. The van der Waals surface area contributed by atoms with Gasteiger partial charge in [-0.25, -0.2) is 8.78 Å². The molecule has 2 aromatic heterocycles. The molecule has 2 aliphatic rings. The summed E-state index contributed by atoms with van der Waals surface area (Å²) >= 11 is 0. The number of anilines is 6. The van der Waals surface area contributed by atoms with E-state index in [1.807, 2.05) is 18.3 Å². The number of hydrogen-bond donors (Lipinski definition) is 0. The van der Waals surface area contributed by atoms with E-state index in [-0.39, 0.29) is 31.2 Å². The minimum atomic E-state index is -0.679. The molecule has 0 fully saturated rings. The summed E-state index contributed by atoms with van der Waals surface area (Å²) in [6.07, 6.45) is 4.65. The third-order valence-corrected chi connectivity index (χ3v) is 12.7. The third-order valence-electron chi connectivity index (χ3n) is 12.7. The second-order valence-corrected chi connectivity index (χ2v) is 16.8. The summed E-state index contributed by atoms with van der Waals surface area (Å²) in [5, 5.41) is 0. The van der Waals surface area contributed by atoms with Gasteiger partial charge in [-0.1, -0.05) is 97.1 Å². The number of hydrogen-bond acceptors (Lipinski definition) is 4. The molecular weight excluding hydrogens is 1020 g/mol. The van der Waals surface area contributed by atoms with Gasteiger partial charge in [-0.2, -0.15) is 0 Å². The Morgan fingerprint density at radius 1 is 0.456 bits per heavy atom. The Kier molecular flexibility index (Phi) is 12.4. The molecule has 331 valence electrons. The zero-order valence-corrected chi connectivity index (χ0v) is 39.1. The van der Waals surface area contributed by atoms with Crippen molar-refractivity contribution in [2.24, 2.45) is 0 Å². The molecule has 1 radical (unpaired) electrons. The first-order valence-corrected chi connectivity index (χ1v) is 22.4. The van der Waals surface area contributed by atoms with Crippen molar-refractivity contribution in [1.82, 2.24) is 9.97 Å². The maximum absolute atomic E-state index is 13.2. The average molecular weight is 1060 g/mol. The molecule has 0 unspecified atom stereocenters. The molecule has 1 spiro atoms. The number of aromatic nitrogens is 2. The summed E-state index contributed by atoms with van der Waals surface area (Å²) in [5.41, 5.74) is 17.3. The van der Waals surface area contributed by atoms with Gasteiger partial charge in [-0.3, -0.25) is 4.98 Å². The van der Waals surface area contributed by atoms with Crippen molar-refractivity contribution in [3.63, 3.8) is 0 Å². The Balaban J connectivity index is 0.000000309. The number of para-hydroxylation sites is 4. The molecule has 0 amide bonds. The van der Waals surface area contributed by atoms with Crippen LogP contribution in [0.3, 0.4) is 0 Å². The normalized spacial score (nSPS) is 12.4. The van der Waals surface area contributed by atoms with Crippen LogP contribution in [0.5, 0.6) is 0 Å². The molecule has 2 aliphatic carbocycles. The van der Waals surface area contributed by atoms with Crippen LogP contribution in [0.2, 0.25) is 0 Å². The van der Waals surface area contributed by atoms with Crippen LogP contribution in [0.15, 0.2) is 231 Å². The number of benzene rings is 8. The SMILES string of the molecule is Fc1cnc(-c2[c-]cccc2)c(F)c1.[Ir].[c-]1cc2c(cc1-c1ccccn1)CC1(C2)c2cc(N(c3ccccc3)c3ccccc3)ccc2-c2ccc(N(c3ccccc3)c3ccccc3)cc21. The minimum Gasteiger partial charge on any atom is -0.310 e. The van der Waals surface area contributed by atoms with E-state index in [2.05, 4.69) is 208 Å². The van der Waals surface area contributed by atoms with Gasteiger partial charge in [-0.15, -0.1) is 70.8 Å². The maximum Gasteiger partial charge on any atom is 0.142 e. The van der Waals surface area contributed by atoms with Gasteiger partial charge in [0.05, 0.1) is 6.20 Å². The smallest absolute Gasteiger partial charge is 0.142 e. The molecule has 4 nitrogen and oxygen atoms in total. The first kappa shape index (κ1) is 44.0. The van der Waals surface area contributed by atoms with Crippen molar-refractivity contribution >= 4 is 34.1 Å². The van der Waals surface area contributed by atoms with Crippen molar-refractivity contribution in [1.29, 1.82) is 0 Å². The summed E-state index contributed by atoms with van der Waals surface area (Å²) < 4.78 is 25.8. The summed E-state index contributed by atoms with van der Waals surface area (Å²) in [5.74, 6) is -1.35. The van der Waals surface area contributed by atoms with Gasteiger partial charge in [0.1, 0.15) is 11.6 Å². The fraction of sp³-hybridized carbons (Fsp3) is 0.0492. The number of fused-ring (bicyclic) bond motifs is 6. The van der Waals surface area contributed by atoms with Crippen LogP contribution in [-0.4, -0.2) is 9.97 Å². The number of nitrogens with zero attached hydrogens (tertiary/aromatic N) is 4. The van der Waals surface area contributed by atoms with Gasteiger partial charge in [-0.05, 0) is 120 Å². The van der Waals surface area contributed by atoms with Gasteiger partial charge < -0.3 is 14.8 Å². The molecule has 0 saturated heterocycles. The molecule has 68 heavy (non-hydrogen) atoms. The third kappa shape index (κ3) is 8.43. The van der Waals surface area contributed by atoms with E-state index in [9.17, 15) is 8.78 Å². The van der Waals surface area contributed by atoms with Crippen molar-refractivity contribution in [3.05, 3.63) is 277 Å². The molecule has 10 aromatic rings. The summed E-state index contributed by atoms with van der Waals surface area (Å²) in [4.78, 5) is 13.1. The Morgan fingerprint density at radius 3 is 1.46 bits per heavy atom. The van der Waals surface area contributed by atoms with Gasteiger partial charge in [0, 0.05) is 77.6 Å². The van der Waals surface area contributed by atoms with Gasteiger partial charge in [0.15, 0.2) is 0 Å². The van der Waals surface area contributed by atoms with E-state index in [1.165, 1.54) is 33.4 Å². The number of halogens is 2. The molecule has 8 aromatic carbocycles. The first-order valence-electron chi connectivity index (χ1n) is 22.4. The quantitative estimate of drug-likeness (QED) is 0.142. The zero-order chi connectivity index (χ0) is 45.2. The van der Waals surface area contributed by atoms with Crippen LogP contribution in [0.25, 0.3) is 33.6 Å². The van der Waals surface area contributed by atoms with Crippen molar-refractivity contribution in [3.8, 4) is 33.6 Å². The molecule has 0 bridgehead atoms. The maximum atomic E-state index is 13.2. The van der Waals surface area contributed by atoms with E-state index < -0.39 is 11.6 Å². The predicted molar refractivity (Wildman–Crippen MR) is 266 cm³/mol. The zero-order valence-electron chi connectivity index (χ0n) is 36.7. The molecule has 7 heteroatoms. The van der Waals surface area contributed by atoms with E-state index in [4.69, 9.17) is 0 Å². The molecule has 0 atom stereocenters. The van der Waals surface area contributed by atoms with Gasteiger partial charge in [0.2, 0.25) is 0 Å². The Hall–Kier alpha value is -7.83. The second-order valence-electron chi connectivity index (χ2n) is 16.8. The van der Waals surface area contributed by atoms with Crippen LogP contribution in [0.1, 0.15) is 22.3 Å². The summed E-state index contributed by atoms with van der Waals surface area (Å²) in [6.45, 7) is 0. The van der Waals surface area contributed by atoms with E-state index in [1.54, 1.807) is 24.3 Å². The monoisotopic (exact) mass is 1060 g/mol. The van der Waals surface area contributed by atoms with Crippen molar-refractivity contribution in [2.45, 2.75) is 18.3 Å². The largest absolute Gasteiger partial charge is 0.310 e. The Bertz CT molecular complexity index is 3110. The van der Waals surface area contributed by atoms with Crippen LogP contribution >= 0.6 is 0 Å². The minimum absolute atomic E-state index is 0. The van der Waals surface area contributed by atoms with Crippen LogP contribution < -0.4 is 9.80 Å². The molecule has 0 aliphatic heterocycles. The topological polar surface area (TPSA) is 32.3 Å². The second kappa shape index (κ2) is 19.2. The van der Waals surface area contributed by atoms with Crippen molar-refractivity contribution in [2.75, 3.05) is 9.80 Å². The van der Waals surface area contributed by atoms with Crippen LogP contribution in [0.4, 0.5) is 42.9 Å². The standard InChI is InChI=1S/C50H36N3.C11H6F2N.Ir/c1-5-15-39(16-6-1)52(40-17-7-2-8-18-40)43-26-28-45-46-29-27-44(53(41-19-9-3-10-20-41)42-21-11-4-12-22-42)33-48(46)50(47(45)32-43)34-37-25-24-36(31-38(37)35-50)49-23-13-14-30-51-49;12-9-6-10(13)11(14-7-9)8-4-2-1-3-5-8;/h1-23,25-33H,34-35H2;1-4,6-7H;/q2*-1;.